The lowest BCUT2D eigenvalue weighted by Crippen LogP contribution is -2.61. The molecule has 1 aliphatic rings. The second-order valence-corrected chi connectivity index (χ2v) is 14.0. The summed E-state index contributed by atoms with van der Waals surface area (Å²) in [5.74, 6) is 0. The predicted molar refractivity (Wildman–Crippen MR) is 90.5 cm³/mol. The highest BCUT2D eigenvalue weighted by Crippen LogP contribution is 2.37. The highest BCUT2D eigenvalue weighted by atomic mass is 32.2. The molecule has 0 spiro atoms. The third-order valence-corrected chi connectivity index (χ3v) is 9.65. The Morgan fingerprint density at radius 3 is 2.12 bits per heavy atom. The van der Waals surface area contributed by atoms with Gasteiger partial charge in [0.25, 0.3) is 10.1 Å². The zero-order valence-electron chi connectivity index (χ0n) is 15.3. The van der Waals surface area contributed by atoms with Crippen molar-refractivity contribution in [1.82, 2.24) is 0 Å². The van der Waals surface area contributed by atoms with Gasteiger partial charge in [-0.15, -0.1) is 0 Å². The summed E-state index contributed by atoms with van der Waals surface area (Å²) in [6.45, 7) is 10.4. The molecule has 1 saturated heterocycles. The van der Waals surface area contributed by atoms with E-state index in [0.717, 1.165) is 6.26 Å². The number of aliphatic hydroxyl groups excluding tert-OH is 2. The molecule has 0 amide bonds. The lowest BCUT2D eigenvalue weighted by Gasteiger charge is -2.43. The summed E-state index contributed by atoms with van der Waals surface area (Å²) in [5, 5.41) is 20.5. The molecule has 10 heteroatoms. The van der Waals surface area contributed by atoms with Crippen LogP contribution in [0.2, 0.25) is 18.1 Å². The lowest BCUT2D eigenvalue weighted by atomic mass is 9.99. The zero-order valence-corrected chi connectivity index (χ0v) is 17.2. The summed E-state index contributed by atoms with van der Waals surface area (Å²) in [6, 6.07) is 0. The Morgan fingerprint density at radius 2 is 1.71 bits per heavy atom. The molecule has 0 aromatic heterocycles. The third-order valence-electron chi connectivity index (χ3n) is 4.57. The summed E-state index contributed by atoms with van der Waals surface area (Å²) in [5.41, 5.74) is 0. The first-order valence-corrected chi connectivity index (χ1v) is 12.5. The maximum Gasteiger partial charge on any atom is 0.264 e. The van der Waals surface area contributed by atoms with E-state index in [-0.39, 0.29) is 11.6 Å². The molecule has 24 heavy (non-hydrogen) atoms. The van der Waals surface area contributed by atoms with Crippen LogP contribution < -0.4 is 0 Å². The van der Waals surface area contributed by atoms with Gasteiger partial charge in [0.2, 0.25) is 0 Å². The summed E-state index contributed by atoms with van der Waals surface area (Å²) in [4.78, 5) is 0. The highest BCUT2D eigenvalue weighted by molar-refractivity contribution is 7.86. The number of aliphatic hydroxyl groups is 2. The molecule has 0 saturated carbocycles. The summed E-state index contributed by atoms with van der Waals surface area (Å²) in [6.07, 6.45) is -5.33. The Bertz CT molecular complexity index is 515. The van der Waals surface area contributed by atoms with Gasteiger partial charge in [-0.3, -0.25) is 4.18 Å². The van der Waals surface area contributed by atoms with Gasteiger partial charge in [0.1, 0.15) is 24.4 Å². The van der Waals surface area contributed by atoms with Crippen LogP contribution in [-0.4, -0.2) is 77.6 Å². The molecule has 1 rings (SSSR count). The van der Waals surface area contributed by atoms with Crippen LogP contribution in [0.25, 0.3) is 0 Å². The fraction of sp³-hybridized carbons (Fsp3) is 1.00. The van der Waals surface area contributed by atoms with Gasteiger partial charge in [0.15, 0.2) is 14.6 Å². The van der Waals surface area contributed by atoms with Crippen LogP contribution in [0.3, 0.4) is 0 Å². The minimum absolute atomic E-state index is 0.0323. The van der Waals surface area contributed by atoms with E-state index >= 15 is 0 Å². The average Bonchev–Trinajstić information content (AvgIpc) is 2.40. The van der Waals surface area contributed by atoms with Crippen molar-refractivity contribution in [3.05, 3.63) is 0 Å². The van der Waals surface area contributed by atoms with Gasteiger partial charge < -0.3 is 24.1 Å². The normalized spacial score (nSPS) is 32.8. The van der Waals surface area contributed by atoms with E-state index in [2.05, 4.69) is 33.9 Å². The molecule has 0 radical (unpaired) electrons. The molecule has 1 aliphatic heterocycles. The molecule has 0 aliphatic carbocycles. The molecule has 2 N–H and O–H groups in total. The number of hydrogen-bond donors (Lipinski definition) is 2. The summed E-state index contributed by atoms with van der Waals surface area (Å²) in [7, 11) is -4.65. The lowest BCUT2D eigenvalue weighted by molar-refractivity contribution is -0.288. The van der Waals surface area contributed by atoms with E-state index in [4.69, 9.17) is 18.1 Å². The second-order valence-electron chi connectivity index (χ2n) is 7.60. The molecule has 5 atom stereocenters. The van der Waals surface area contributed by atoms with E-state index in [1.54, 1.807) is 0 Å². The fourth-order valence-corrected chi connectivity index (χ4v) is 3.70. The van der Waals surface area contributed by atoms with Crippen molar-refractivity contribution in [2.24, 2.45) is 0 Å². The van der Waals surface area contributed by atoms with Gasteiger partial charge in [0, 0.05) is 7.11 Å². The van der Waals surface area contributed by atoms with Crippen molar-refractivity contribution in [2.45, 2.75) is 69.6 Å². The van der Waals surface area contributed by atoms with E-state index in [0.29, 0.717) is 0 Å². The van der Waals surface area contributed by atoms with Crippen molar-refractivity contribution in [1.29, 1.82) is 0 Å². The van der Waals surface area contributed by atoms with Gasteiger partial charge in [-0.25, -0.2) is 0 Å². The minimum Gasteiger partial charge on any atom is -0.414 e. The fourth-order valence-electron chi connectivity index (χ4n) is 2.06. The van der Waals surface area contributed by atoms with Gasteiger partial charge in [-0.2, -0.15) is 8.42 Å². The molecule has 1 heterocycles. The maximum absolute atomic E-state index is 11.4. The monoisotopic (exact) mass is 386 g/mol. The molecule has 0 bridgehead atoms. The van der Waals surface area contributed by atoms with E-state index in [1.165, 1.54) is 7.11 Å². The smallest absolute Gasteiger partial charge is 0.264 e. The van der Waals surface area contributed by atoms with Crippen LogP contribution in [0.4, 0.5) is 0 Å². The summed E-state index contributed by atoms with van der Waals surface area (Å²) < 4.78 is 44.2. The van der Waals surface area contributed by atoms with Crippen LogP contribution in [0.1, 0.15) is 20.8 Å². The van der Waals surface area contributed by atoms with Gasteiger partial charge >= 0.3 is 0 Å². The molecule has 8 nitrogen and oxygen atoms in total. The molecular weight excluding hydrogens is 356 g/mol. The van der Waals surface area contributed by atoms with Crippen LogP contribution in [0.5, 0.6) is 0 Å². The number of methoxy groups -OCH3 is 1. The predicted octanol–water partition coefficient (Wildman–Crippen LogP) is 0.446. The van der Waals surface area contributed by atoms with Crippen molar-refractivity contribution >= 4 is 18.4 Å². The van der Waals surface area contributed by atoms with Crippen molar-refractivity contribution in [3.8, 4) is 0 Å². The largest absolute Gasteiger partial charge is 0.414 e. The zero-order chi connectivity index (χ0) is 18.9. The molecule has 0 aromatic rings. The number of rotatable bonds is 6. The molecule has 0 aromatic carbocycles. The highest BCUT2D eigenvalue weighted by Gasteiger charge is 2.48. The molecule has 0 unspecified atom stereocenters. The number of ether oxygens (including phenoxy) is 2. The summed E-state index contributed by atoms with van der Waals surface area (Å²) >= 11 is 0. The van der Waals surface area contributed by atoms with Crippen LogP contribution in [0, 0.1) is 0 Å². The second kappa shape index (κ2) is 7.66. The first-order valence-electron chi connectivity index (χ1n) is 7.76. The third kappa shape index (κ3) is 5.46. The Hall–Kier alpha value is -0.0731. The maximum atomic E-state index is 11.4. The van der Waals surface area contributed by atoms with Gasteiger partial charge in [-0.1, -0.05) is 20.8 Å². The van der Waals surface area contributed by atoms with Gasteiger partial charge in [0.05, 0.1) is 12.9 Å². The van der Waals surface area contributed by atoms with Crippen molar-refractivity contribution in [2.75, 3.05) is 20.0 Å². The molecule has 144 valence electrons. The van der Waals surface area contributed by atoms with Crippen molar-refractivity contribution in [3.63, 3.8) is 0 Å². The van der Waals surface area contributed by atoms with E-state index < -0.39 is 49.1 Å². The Kier molecular flexibility index (Phi) is 7.01. The first-order chi connectivity index (χ1) is 10.7. The van der Waals surface area contributed by atoms with E-state index in [9.17, 15) is 18.6 Å². The van der Waals surface area contributed by atoms with Crippen LogP contribution in [0.15, 0.2) is 0 Å². The first kappa shape index (κ1) is 22.0. The van der Waals surface area contributed by atoms with E-state index in [1.807, 2.05) is 0 Å². The topological polar surface area (TPSA) is 112 Å². The SMILES string of the molecule is CO[C@H]1O[C@H](CO[Si](C)(C)C(C)(C)C)[C@H](O)[C@H](OS(C)(=O)=O)[C@H]1O. The van der Waals surface area contributed by atoms with Gasteiger partial charge in [-0.05, 0) is 18.1 Å². The van der Waals surface area contributed by atoms with Crippen LogP contribution in [-0.2, 0) is 28.2 Å². The number of hydrogen-bond acceptors (Lipinski definition) is 8. The Morgan fingerprint density at radius 1 is 1.17 bits per heavy atom. The Labute approximate surface area is 145 Å². The average molecular weight is 387 g/mol. The molecular formula is C14H30O8SSi. The van der Waals surface area contributed by atoms with Crippen molar-refractivity contribution < 1.29 is 36.7 Å². The minimum atomic E-state index is -3.87. The Balaban J connectivity index is 2.90. The standard InChI is InChI=1S/C14H30O8SSi/c1-14(2,3)24(6,7)20-8-9-10(15)12(22-23(5,17)18)11(16)13(19-4)21-9/h9-13,15-16H,8H2,1-7H3/t9-,10+,11-,12+,13+/m1/s1. The van der Waals surface area contributed by atoms with Crippen LogP contribution >= 0.6 is 0 Å². The molecule has 1 fully saturated rings. The quantitative estimate of drug-likeness (QED) is 0.500.